The molecule has 0 aliphatic heterocycles. The normalized spacial score (nSPS) is 9.73. The van der Waals surface area contributed by atoms with Gasteiger partial charge in [0.25, 0.3) is 0 Å². The van der Waals surface area contributed by atoms with Crippen LogP contribution in [0, 0.1) is 0 Å². The molecule has 0 aromatic heterocycles. The fraction of sp³-hybridized carbons (Fsp3) is 0.600. The molecule has 12 heteroatoms. The number of nitrogens with zero attached hydrogens (tertiary/aromatic N) is 2. The molecule has 0 aliphatic rings. The van der Waals surface area contributed by atoms with Gasteiger partial charge in [-0.05, 0) is 0 Å². The maximum Gasteiger partial charge on any atom is 3.00 e. The molecule has 117 valence electrons. The first-order chi connectivity index (χ1) is 9.20. The Labute approximate surface area is 159 Å². The molecule has 0 amide bonds. The molecule has 10 nitrogen and oxygen atoms in total. The fourth-order valence-electron chi connectivity index (χ4n) is 1.44. The standard InChI is InChI=1S/C10H16N2O8.Cr.Na/c13-7(14)3-11(4-8(15)16)1-2-12(5-9(17)18)6-10(19)20;;/h1-6H2,(H,13,14)(H,15,16)(H,17,18)(H,19,20);;/q;+3;+1/p-4. The van der Waals surface area contributed by atoms with E-state index in [1.165, 1.54) is 0 Å². The quantitative estimate of drug-likeness (QED) is 0.321. The van der Waals surface area contributed by atoms with Crippen LogP contribution in [0.4, 0.5) is 0 Å². The molecule has 1 radical (unpaired) electrons. The Morgan fingerprint density at radius 3 is 0.909 bits per heavy atom. The average Bonchev–Trinajstić information content (AvgIpc) is 2.22. The second-order valence-electron chi connectivity index (χ2n) is 3.91. The number of hydrogen-bond acceptors (Lipinski definition) is 10. The van der Waals surface area contributed by atoms with Crippen molar-refractivity contribution in [3.05, 3.63) is 0 Å². The summed E-state index contributed by atoms with van der Waals surface area (Å²) in [6.07, 6.45) is 0. The van der Waals surface area contributed by atoms with E-state index in [-0.39, 0.29) is 60.0 Å². The second kappa shape index (κ2) is 14.0. The Morgan fingerprint density at radius 2 is 0.773 bits per heavy atom. The van der Waals surface area contributed by atoms with Gasteiger partial charge in [0.15, 0.2) is 0 Å². The Kier molecular flexibility index (Phi) is 16.6. The minimum absolute atomic E-state index is 0. The van der Waals surface area contributed by atoms with Gasteiger partial charge in [-0.25, -0.2) is 0 Å². The molecule has 0 atom stereocenters. The molecule has 0 heterocycles. The number of carbonyl (C=O) groups excluding carboxylic acids is 4. The summed E-state index contributed by atoms with van der Waals surface area (Å²) in [6.45, 7) is -3.25. The van der Waals surface area contributed by atoms with Crippen LogP contribution in [0.3, 0.4) is 0 Å². The minimum atomic E-state index is -1.53. The van der Waals surface area contributed by atoms with Gasteiger partial charge in [-0.2, -0.15) is 0 Å². The van der Waals surface area contributed by atoms with Crippen molar-refractivity contribution >= 4 is 23.9 Å². The van der Waals surface area contributed by atoms with Crippen molar-refractivity contribution in [2.75, 3.05) is 39.3 Å². The second-order valence-corrected chi connectivity index (χ2v) is 3.91. The summed E-state index contributed by atoms with van der Waals surface area (Å²) in [5, 5.41) is 41.6. The molecule has 0 spiro atoms. The first-order valence-electron chi connectivity index (χ1n) is 5.44. The zero-order valence-corrected chi connectivity index (χ0v) is 15.1. The maximum absolute atomic E-state index is 10.4. The maximum atomic E-state index is 10.4. The average molecular weight is 363 g/mol. The summed E-state index contributed by atoms with van der Waals surface area (Å²) >= 11 is 0. The number of aliphatic carboxylic acids is 4. The summed E-state index contributed by atoms with van der Waals surface area (Å²) in [4.78, 5) is 43.4. The molecule has 0 bridgehead atoms. The van der Waals surface area contributed by atoms with Crippen molar-refractivity contribution in [3.8, 4) is 0 Å². The number of carbonyl (C=O) groups is 4. The largest absolute Gasteiger partial charge is 3.00 e. The topological polar surface area (TPSA) is 167 Å². The van der Waals surface area contributed by atoms with E-state index in [1.54, 1.807) is 0 Å². The van der Waals surface area contributed by atoms with Crippen molar-refractivity contribution < 1.29 is 86.5 Å². The van der Waals surface area contributed by atoms with Crippen molar-refractivity contribution in [3.63, 3.8) is 0 Å². The molecular formula is C10H12CrN2NaO8. The van der Waals surface area contributed by atoms with Gasteiger partial charge in [0.1, 0.15) is 0 Å². The van der Waals surface area contributed by atoms with Crippen molar-refractivity contribution in [2.24, 2.45) is 0 Å². The molecule has 22 heavy (non-hydrogen) atoms. The Hall–Kier alpha value is -0.668. The minimum Gasteiger partial charge on any atom is -0.549 e. The van der Waals surface area contributed by atoms with E-state index >= 15 is 0 Å². The molecular weight excluding hydrogens is 351 g/mol. The van der Waals surface area contributed by atoms with E-state index < -0.39 is 50.1 Å². The van der Waals surface area contributed by atoms with Crippen molar-refractivity contribution in [1.29, 1.82) is 0 Å². The zero-order chi connectivity index (χ0) is 15.7. The third-order valence-corrected chi connectivity index (χ3v) is 2.14. The van der Waals surface area contributed by atoms with E-state index in [0.717, 1.165) is 9.80 Å². The monoisotopic (exact) mass is 363 g/mol. The molecule has 0 aromatic rings. The van der Waals surface area contributed by atoms with Gasteiger partial charge in [-0.3, -0.25) is 9.80 Å². The van der Waals surface area contributed by atoms with Crippen LogP contribution < -0.4 is 50.0 Å². The van der Waals surface area contributed by atoms with E-state index in [2.05, 4.69) is 0 Å². The van der Waals surface area contributed by atoms with Crippen LogP contribution in [-0.4, -0.2) is 72.9 Å². The molecule has 0 saturated carbocycles. The summed E-state index contributed by atoms with van der Waals surface area (Å²) in [7, 11) is 0. The predicted octanol–water partition coefficient (Wildman–Crippen LogP) is -10.4. The SMILES string of the molecule is O=C([O-])CN(CCN(CC(=O)[O-])CC(=O)[O-])CC(=O)[O-].[Cr+3].[Na+]. The zero-order valence-electron chi connectivity index (χ0n) is 11.8. The Morgan fingerprint density at radius 1 is 0.591 bits per heavy atom. The summed E-state index contributed by atoms with van der Waals surface area (Å²) in [6, 6.07) is 0. The molecule has 0 aliphatic carbocycles. The van der Waals surface area contributed by atoms with Crippen LogP contribution in [0.1, 0.15) is 0 Å². The fourth-order valence-corrected chi connectivity index (χ4v) is 1.44. The van der Waals surface area contributed by atoms with Crippen LogP contribution in [-0.2, 0) is 36.5 Å². The number of hydrogen-bond donors (Lipinski definition) is 0. The van der Waals surface area contributed by atoms with Gasteiger partial charge in [-0.1, -0.05) is 0 Å². The van der Waals surface area contributed by atoms with Gasteiger partial charge in [0.05, 0.1) is 23.9 Å². The molecule has 0 unspecified atom stereocenters. The third kappa shape index (κ3) is 15.7. The first kappa shape index (κ1) is 26.2. The van der Waals surface area contributed by atoms with Gasteiger partial charge < -0.3 is 39.6 Å². The van der Waals surface area contributed by atoms with Crippen LogP contribution >= 0.6 is 0 Å². The molecule has 0 aromatic carbocycles. The van der Waals surface area contributed by atoms with Gasteiger partial charge in [0, 0.05) is 39.3 Å². The van der Waals surface area contributed by atoms with E-state index in [4.69, 9.17) is 0 Å². The van der Waals surface area contributed by atoms with Gasteiger partial charge in [-0.15, -0.1) is 0 Å². The van der Waals surface area contributed by atoms with Gasteiger partial charge in [0.2, 0.25) is 0 Å². The summed E-state index contributed by atoms with van der Waals surface area (Å²) < 4.78 is 0. The predicted molar refractivity (Wildman–Crippen MR) is 52.9 cm³/mol. The van der Waals surface area contributed by atoms with Crippen LogP contribution in [0.15, 0.2) is 0 Å². The number of carboxylic acids is 4. The molecule has 0 rings (SSSR count). The number of rotatable bonds is 11. The molecule has 0 fully saturated rings. The Balaban J connectivity index is -0.00000180. The summed E-state index contributed by atoms with van der Waals surface area (Å²) in [5.41, 5.74) is 0. The third-order valence-electron chi connectivity index (χ3n) is 2.14. The van der Waals surface area contributed by atoms with Gasteiger partial charge >= 0.3 is 46.9 Å². The molecule has 0 saturated heterocycles. The van der Waals surface area contributed by atoms with E-state index in [9.17, 15) is 39.6 Å². The Bertz CT molecular complexity index is 327. The van der Waals surface area contributed by atoms with Crippen LogP contribution in [0.5, 0.6) is 0 Å². The first-order valence-corrected chi connectivity index (χ1v) is 5.44. The summed E-state index contributed by atoms with van der Waals surface area (Å²) in [5.74, 6) is -6.12. The molecule has 0 N–H and O–H groups in total. The van der Waals surface area contributed by atoms with Crippen molar-refractivity contribution in [2.45, 2.75) is 0 Å². The van der Waals surface area contributed by atoms with E-state index in [1.807, 2.05) is 0 Å². The number of carboxylic acid groups (broad SMARTS) is 4. The van der Waals surface area contributed by atoms with E-state index in [0.29, 0.717) is 0 Å². The van der Waals surface area contributed by atoms with Crippen molar-refractivity contribution in [1.82, 2.24) is 9.80 Å². The smallest absolute Gasteiger partial charge is 0.549 e. The van der Waals surface area contributed by atoms with Crippen LogP contribution in [0.25, 0.3) is 0 Å². The van der Waals surface area contributed by atoms with Crippen LogP contribution in [0.2, 0.25) is 0 Å².